The first kappa shape index (κ1) is 18.6. The summed E-state index contributed by atoms with van der Waals surface area (Å²) in [5.41, 5.74) is 2.12. The molecule has 1 fully saturated rings. The van der Waals surface area contributed by atoms with Gasteiger partial charge in [-0.25, -0.2) is 14.6 Å². The Morgan fingerprint density at radius 2 is 1.87 bits per heavy atom. The summed E-state index contributed by atoms with van der Waals surface area (Å²) in [6.07, 6.45) is 3.52. The molecule has 1 saturated heterocycles. The summed E-state index contributed by atoms with van der Waals surface area (Å²) in [5, 5.41) is 5.45. The van der Waals surface area contributed by atoms with E-state index in [1.54, 1.807) is 35.5 Å². The molecule has 1 aliphatic rings. The highest BCUT2D eigenvalue weighted by Gasteiger charge is 2.28. The SMILES string of the molecule is COc1cn(-c2ccccc2)nc1C(=O)N1CCN(c2nc3cccnc3s2)CC1. The van der Waals surface area contributed by atoms with E-state index in [2.05, 4.69) is 20.0 Å². The van der Waals surface area contributed by atoms with Gasteiger partial charge in [0.15, 0.2) is 16.6 Å². The lowest BCUT2D eigenvalue weighted by Gasteiger charge is -2.34. The van der Waals surface area contributed by atoms with Gasteiger partial charge in [0.1, 0.15) is 10.3 Å². The van der Waals surface area contributed by atoms with Gasteiger partial charge in [0, 0.05) is 32.4 Å². The number of nitrogens with zero attached hydrogens (tertiary/aromatic N) is 6. The average Bonchev–Trinajstić information content (AvgIpc) is 3.44. The first-order valence-electron chi connectivity index (χ1n) is 9.68. The highest BCUT2D eigenvalue weighted by molar-refractivity contribution is 7.21. The standard InChI is InChI=1S/C21H20N6O2S/c1-29-17-14-27(15-6-3-2-4-7-15)24-18(17)20(28)25-10-12-26(13-11-25)21-23-16-8-5-9-22-19(16)30-21/h2-9,14H,10-13H2,1H3. The maximum absolute atomic E-state index is 13.1. The molecule has 0 aliphatic carbocycles. The van der Waals surface area contributed by atoms with E-state index in [9.17, 15) is 4.79 Å². The molecule has 0 saturated carbocycles. The molecule has 0 bridgehead atoms. The number of para-hydroxylation sites is 1. The molecule has 152 valence electrons. The van der Waals surface area contributed by atoms with E-state index in [0.29, 0.717) is 37.6 Å². The Labute approximate surface area is 177 Å². The lowest BCUT2D eigenvalue weighted by atomic mass is 10.3. The molecule has 0 N–H and O–H groups in total. The zero-order valence-electron chi connectivity index (χ0n) is 16.4. The van der Waals surface area contributed by atoms with Crippen molar-refractivity contribution in [1.82, 2.24) is 24.6 Å². The fourth-order valence-electron chi connectivity index (χ4n) is 3.51. The van der Waals surface area contributed by atoms with Crippen LogP contribution in [0.25, 0.3) is 16.0 Å². The van der Waals surface area contributed by atoms with E-state index in [4.69, 9.17) is 4.74 Å². The van der Waals surface area contributed by atoms with E-state index < -0.39 is 0 Å². The van der Waals surface area contributed by atoms with Crippen molar-refractivity contribution in [3.8, 4) is 11.4 Å². The monoisotopic (exact) mass is 420 g/mol. The van der Waals surface area contributed by atoms with Gasteiger partial charge in [-0.2, -0.15) is 5.10 Å². The minimum atomic E-state index is -0.118. The number of carbonyl (C=O) groups excluding carboxylic acids is 1. The fraction of sp³-hybridized carbons (Fsp3) is 0.238. The van der Waals surface area contributed by atoms with Gasteiger partial charge in [0.25, 0.3) is 5.91 Å². The summed E-state index contributed by atoms with van der Waals surface area (Å²) in [4.78, 5) is 27.1. The Balaban J connectivity index is 1.31. The lowest BCUT2D eigenvalue weighted by Crippen LogP contribution is -2.49. The molecule has 1 amide bonds. The van der Waals surface area contributed by atoms with Gasteiger partial charge in [0.2, 0.25) is 0 Å². The number of hydrogen-bond acceptors (Lipinski definition) is 7. The minimum absolute atomic E-state index is 0.118. The predicted octanol–water partition coefficient (Wildman–Crippen LogP) is 2.85. The number of rotatable bonds is 4. The molecule has 5 rings (SSSR count). The maximum atomic E-state index is 13.1. The summed E-state index contributed by atoms with van der Waals surface area (Å²) < 4.78 is 7.10. The van der Waals surface area contributed by atoms with Crippen molar-refractivity contribution in [3.63, 3.8) is 0 Å². The van der Waals surface area contributed by atoms with Crippen LogP contribution in [0.5, 0.6) is 5.75 Å². The fourth-order valence-corrected chi connectivity index (χ4v) is 4.47. The Hall–Kier alpha value is -3.46. The molecule has 30 heavy (non-hydrogen) atoms. The Kier molecular flexibility index (Phi) is 4.80. The third kappa shape index (κ3) is 3.37. The number of methoxy groups -OCH3 is 1. The molecular weight excluding hydrogens is 400 g/mol. The quantitative estimate of drug-likeness (QED) is 0.505. The minimum Gasteiger partial charge on any atom is -0.493 e. The van der Waals surface area contributed by atoms with Crippen LogP contribution in [0, 0.1) is 0 Å². The number of benzene rings is 1. The van der Waals surface area contributed by atoms with E-state index in [0.717, 1.165) is 21.2 Å². The maximum Gasteiger partial charge on any atom is 0.278 e. The van der Waals surface area contributed by atoms with Crippen LogP contribution in [0.3, 0.4) is 0 Å². The first-order valence-corrected chi connectivity index (χ1v) is 10.5. The lowest BCUT2D eigenvalue weighted by molar-refractivity contribution is 0.0737. The van der Waals surface area contributed by atoms with Crippen molar-refractivity contribution in [2.75, 3.05) is 38.2 Å². The first-order chi connectivity index (χ1) is 14.7. The van der Waals surface area contributed by atoms with Gasteiger partial charge in [-0.05, 0) is 24.3 Å². The van der Waals surface area contributed by atoms with Crippen molar-refractivity contribution in [2.45, 2.75) is 0 Å². The molecule has 1 aromatic carbocycles. The zero-order chi connectivity index (χ0) is 20.5. The molecule has 3 aromatic heterocycles. The smallest absolute Gasteiger partial charge is 0.278 e. The van der Waals surface area contributed by atoms with Gasteiger partial charge in [-0.1, -0.05) is 29.5 Å². The number of aromatic nitrogens is 4. The summed E-state index contributed by atoms with van der Waals surface area (Å²) >= 11 is 1.58. The second-order valence-electron chi connectivity index (χ2n) is 6.93. The van der Waals surface area contributed by atoms with Gasteiger partial charge < -0.3 is 14.5 Å². The van der Waals surface area contributed by atoms with E-state index in [1.165, 1.54) is 0 Å². The third-order valence-electron chi connectivity index (χ3n) is 5.12. The van der Waals surface area contributed by atoms with Crippen LogP contribution in [0.4, 0.5) is 5.13 Å². The predicted molar refractivity (Wildman–Crippen MR) is 116 cm³/mol. The number of thiazole rings is 1. The summed E-state index contributed by atoms with van der Waals surface area (Å²) in [6.45, 7) is 2.63. The van der Waals surface area contributed by atoms with Crippen molar-refractivity contribution >= 4 is 32.7 Å². The average molecular weight is 420 g/mol. The molecule has 4 heterocycles. The molecule has 9 heteroatoms. The van der Waals surface area contributed by atoms with Crippen LogP contribution < -0.4 is 9.64 Å². The number of piperazine rings is 1. The van der Waals surface area contributed by atoms with Gasteiger partial charge in [-0.15, -0.1) is 0 Å². The van der Waals surface area contributed by atoms with E-state index in [1.807, 2.05) is 47.4 Å². The molecule has 0 spiro atoms. The van der Waals surface area contributed by atoms with Crippen LogP contribution in [0.2, 0.25) is 0 Å². The van der Waals surface area contributed by atoms with Crippen molar-refractivity contribution in [3.05, 3.63) is 60.6 Å². The van der Waals surface area contributed by atoms with Crippen molar-refractivity contribution in [2.24, 2.45) is 0 Å². The topological polar surface area (TPSA) is 76.4 Å². The number of amides is 1. The summed E-state index contributed by atoms with van der Waals surface area (Å²) in [7, 11) is 1.56. The second-order valence-corrected chi connectivity index (χ2v) is 7.89. The number of ether oxygens (including phenoxy) is 1. The molecule has 0 radical (unpaired) electrons. The number of hydrogen-bond donors (Lipinski definition) is 0. The summed E-state index contributed by atoms with van der Waals surface area (Å²) in [6, 6.07) is 13.5. The molecular formula is C21H20N6O2S. The molecule has 1 aliphatic heterocycles. The number of fused-ring (bicyclic) bond motifs is 1. The van der Waals surface area contributed by atoms with Crippen LogP contribution in [-0.4, -0.2) is 63.8 Å². The highest BCUT2D eigenvalue weighted by Crippen LogP contribution is 2.28. The highest BCUT2D eigenvalue weighted by atomic mass is 32.1. The van der Waals surface area contributed by atoms with Crippen LogP contribution in [0.1, 0.15) is 10.5 Å². The largest absolute Gasteiger partial charge is 0.493 e. The number of pyridine rings is 1. The van der Waals surface area contributed by atoms with E-state index >= 15 is 0 Å². The summed E-state index contributed by atoms with van der Waals surface area (Å²) in [5.74, 6) is 0.357. The van der Waals surface area contributed by atoms with Crippen molar-refractivity contribution < 1.29 is 9.53 Å². The second kappa shape index (κ2) is 7.75. The Morgan fingerprint density at radius 1 is 1.07 bits per heavy atom. The molecule has 0 atom stereocenters. The number of carbonyl (C=O) groups is 1. The normalized spacial score (nSPS) is 14.3. The van der Waals surface area contributed by atoms with Crippen LogP contribution in [0.15, 0.2) is 54.9 Å². The number of anilines is 1. The zero-order valence-corrected chi connectivity index (χ0v) is 17.2. The van der Waals surface area contributed by atoms with Gasteiger partial charge >= 0.3 is 0 Å². The molecule has 8 nitrogen and oxygen atoms in total. The van der Waals surface area contributed by atoms with Crippen LogP contribution >= 0.6 is 11.3 Å². The molecule has 4 aromatic rings. The van der Waals surface area contributed by atoms with Gasteiger partial charge in [0.05, 0.1) is 19.0 Å². The third-order valence-corrected chi connectivity index (χ3v) is 6.16. The Bertz CT molecular complexity index is 1150. The molecule has 0 unspecified atom stereocenters. The Morgan fingerprint density at radius 3 is 2.60 bits per heavy atom. The van der Waals surface area contributed by atoms with Crippen molar-refractivity contribution in [1.29, 1.82) is 0 Å². The van der Waals surface area contributed by atoms with E-state index in [-0.39, 0.29) is 5.91 Å². The van der Waals surface area contributed by atoms with Crippen LogP contribution in [-0.2, 0) is 0 Å². The van der Waals surface area contributed by atoms with Gasteiger partial charge in [-0.3, -0.25) is 4.79 Å².